The Labute approximate surface area is 159 Å². The van der Waals surface area contributed by atoms with Crippen molar-refractivity contribution < 1.29 is 28.7 Å². The molecule has 0 bridgehead atoms. The van der Waals surface area contributed by atoms with E-state index in [1.807, 2.05) is 0 Å². The van der Waals surface area contributed by atoms with Crippen LogP contribution in [-0.4, -0.2) is 60.3 Å². The van der Waals surface area contributed by atoms with Crippen LogP contribution in [0.25, 0.3) is 0 Å². The topological polar surface area (TPSA) is 137 Å². The van der Waals surface area contributed by atoms with Gasteiger partial charge in [-0.15, -0.1) is 0 Å². The molecule has 0 spiro atoms. The zero-order valence-corrected chi connectivity index (χ0v) is 16.5. The van der Waals surface area contributed by atoms with E-state index in [2.05, 4.69) is 23.3 Å². The van der Waals surface area contributed by atoms with Gasteiger partial charge < -0.3 is 25.8 Å². The van der Waals surface area contributed by atoms with Crippen molar-refractivity contribution in [3.05, 3.63) is 0 Å². The van der Waals surface area contributed by atoms with E-state index in [0.29, 0.717) is 0 Å². The monoisotopic (exact) mass is 391 g/mol. The Balaban J connectivity index is 4.31. The SMILES string of the molecule is CC(C)OC(=O)CNC(=O)C(CS)NC(=O)CCC(N)C(=O)OC(C)C. The largest absolute Gasteiger partial charge is 0.462 e. The third-order valence-electron chi connectivity index (χ3n) is 2.95. The van der Waals surface area contributed by atoms with E-state index in [1.54, 1.807) is 27.7 Å². The van der Waals surface area contributed by atoms with E-state index in [1.165, 1.54) is 0 Å². The molecule has 0 aliphatic heterocycles. The van der Waals surface area contributed by atoms with Gasteiger partial charge in [-0.05, 0) is 34.1 Å². The highest BCUT2D eigenvalue weighted by atomic mass is 32.1. The summed E-state index contributed by atoms with van der Waals surface area (Å²) in [4.78, 5) is 46.9. The zero-order valence-electron chi connectivity index (χ0n) is 15.6. The van der Waals surface area contributed by atoms with Crippen LogP contribution in [0, 0.1) is 0 Å². The summed E-state index contributed by atoms with van der Waals surface area (Å²) in [6.45, 7) is 6.48. The number of carbonyl (C=O) groups excluding carboxylic acids is 4. The molecular formula is C16H29N3O6S. The molecule has 2 amide bonds. The van der Waals surface area contributed by atoms with Gasteiger partial charge in [0.05, 0.1) is 12.2 Å². The number of esters is 2. The van der Waals surface area contributed by atoms with Crippen LogP contribution in [0.1, 0.15) is 40.5 Å². The first-order valence-corrected chi connectivity index (χ1v) is 9.03. The maximum atomic E-state index is 12.0. The van der Waals surface area contributed by atoms with E-state index < -0.39 is 35.8 Å². The van der Waals surface area contributed by atoms with E-state index >= 15 is 0 Å². The second-order valence-electron chi connectivity index (χ2n) is 6.19. The highest BCUT2D eigenvalue weighted by Crippen LogP contribution is 2.01. The average molecular weight is 391 g/mol. The van der Waals surface area contributed by atoms with Crippen molar-refractivity contribution >= 4 is 36.4 Å². The summed E-state index contributed by atoms with van der Waals surface area (Å²) in [6, 6.07) is -1.84. The van der Waals surface area contributed by atoms with Crippen molar-refractivity contribution in [1.29, 1.82) is 0 Å². The van der Waals surface area contributed by atoms with Crippen molar-refractivity contribution in [2.75, 3.05) is 12.3 Å². The molecule has 0 aliphatic carbocycles. The fraction of sp³-hybridized carbons (Fsp3) is 0.750. The fourth-order valence-corrected chi connectivity index (χ4v) is 2.03. The molecule has 2 unspecified atom stereocenters. The number of carbonyl (C=O) groups is 4. The minimum atomic E-state index is -0.920. The van der Waals surface area contributed by atoms with Gasteiger partial charge in [0.25, 0.3) is 0 Å². The molecule has 0 saturated heterocycles. The van der Waals surface area contributed by atoms with Crippen LogP contribution in [0.5, 0.6) is 0 Å². The number of hydrogen-bond acceptors (Lipinski definition) is 8. The first kappa shape index (κ1) is 24.2. The first-order valence-electron chi connectivity index (χ1n) is 8.40. The van der Waals surface area contributed by atoms with Crippen LogP contribution in [0.2, 0.25) is 0 Å². The third-order valence-corrected chi connectivity index (χ3v) is 3.31. The summed E-state index contributed by atoms with van der Waals surface area (Å²) in [6.07, 6.45) is -0.547. The van der Waals surface area contributed by atoms with Crippen molar-refractivity contribution in [3.63, 3.8) is 0 Å². The van der Waals surface area contributed by atoms with Gasteiger partial charge in [-0.25, -0.2) is 0 Å². The molecule has 0 rings (SSSR count). The predicted octanol–water partition coefficient (Wildman–Crippen LogP) is -0.472. The second kappa shape index (κ2) is 12.5. The van der Waals surface area contributed by atoms with Crippen LogP contribution in [0.4, 0.5) is 0 Å². The Morgan fingerprint density at radius 2 is 1.62 bits per heavy atom. The van der Waals surface area contributed by atoms with E-state index in [4.69, 9.17) is 15.2 Å². The molecule has 10 heteroatoms. The van der Waals surface area contributed by atoms with Crippen LogP contribution in [0.3, 0.4) is 0 Å². The standard InChI is InChI=1S/C16H29N3O6S/c1-9(2)24-14(21)7-18-15(22)12(8-26)19-13(20)6-5-11(17)16(23)25-10(3)4/h9-12,26H,5-8,17H2,1-4H3,(H,18,22)(H,19,20). The van der Waals surface area contributed by atoms with Gasteiger partial charge in [-0.1, -0.05) is 0 Å². The van der Waals surface area contributed by atoms with Gasteiger partial charge in [-0.3, -0.25) is 19.2 Å². The molecule has 0 fully saturated rings. The van der Waals surface area contributed by atoms with Gasteiger partial charge in [0.2, 0.25) is 11.8 Å². The molecule has 4 N–H and O–H groups in total. The Bertz CT molecular complexity index is 498. The molecule has 0 saturated carbocycles. The summed E-state index contributed by atoms with van der Waals surface area (Å²) in [5, 5.41) is 4.85. The van der Waals surface area contributed by atoms with Gasteiger partial charge in [0.15, 0.2) is 0 Å². The molecule has 0 aliphatic rings. The normalized spacial score (nSPS) is 13.1. The highest BCUT2D eigenvalue weighted by Gasteiger charge is 2.22. The second-order valence-corrected chi connectivity index (χ2v) is 6.56. The van der Waals surface area contributed by atoms with Gasteiger partial charge in [-0.2, -0.15) is 12.6 Å². The lowest BCUT2D eigenvalue weighted by atomic mass is 10.1. The Hall–Kier alpha value is -1.81. The van der Waals surface area contributed by atoms with Crippen LogP contribution in [-0.2, 0) is 28.7 Å². The fourth-order valence-electron chi connectivity index (χ4n) is 1.77. The number of amides is 2. The summed E-state index contributed by atoms with van der Waals surface area (Å²) in [7, 11) is 0. The minimum Gasteiger partial charge on any atom is -0.462 e. The van der Waals surface area contributed by atoms with E-state index in [0.717, 1.165) is 0 Å². The lowest BCUT2D eigenvalue weighted by molar-refractivity contribution is -0.149. The Kier molecular flexibility index (Phi) is 11.7. The van der Waals surface area contributed by atoms with Crippen molar-refractivity contribution in [1.82, 2.24) is 10.6 Å². The van der Waals surface area contributed by atoms with E-state index in [-0.39, 0.29) is 37.3 Å². The molecule has 0 aromatic carbocycles. The van der Waals surface area contributed by atoms with Gasteiger partial charge >= 0.3 is 11.9 Å². The quantitative estimate of drug-likeness (QED) is 0.276. The molecule has 0 heterocycles. The molecule has 150 valence electrons. The molecule has 0 aromatic rings. The maximum Gasteiger partial charge on any atom is 0.325 e. The number of rotatable bonds is 11. The Morgan fingerprint density at radius 3 is 2.12 bits per heavy atom. The molecule has 0 radical (unpaired) electrons. The number of hydrogen-bond donors (Lipinski definition) is 4. The van der Waals surface area contributed by atoms with Gasteiger partial charge in [0, 0.05) is 12.2 Å². The highest BCUT2D eigenvalue weighted by molar-refractivity contribution is 7.80. The number of ether oxygens (including phenoxy) is 2. The summed E-state index contributed by atoms with van der Waals surface area (Å²) in [5.41, 5.74) is 5.66. The number of nitrogens with two attached hydrogens (primary N) is 1. The van der Waals surface area contributed by atoms with Crippen LogP contribution < -0.4 is 16.4 Å². The maximum absolute atomic E-state index is 12.0. The summed E-state index contributed by atoms with van der Waals surface area (Å²) >= 11 is 4.02. The Morgan fingerprint density at radius 1 is 1.04 bits per heavy atom. The zero-order chi connectivity index (χ0) is 20.3. The van der Waals surface area contributed by atoms with Crippen molar-refractivity contribution in [3.8, 4) is 0 Å². The summed E-state index contributed by atoms with van der Waals surface area (Å²) < 4.78 is 9.84. The average Bonchev–Trinajstić information content (AvgIpc) is 2.53. The van der Waals surface area contributed by atoms with Crippen molar-refractivity contribution in [2.24, 2.45) is 5.73 Å². The minimum absolute atomic E-state index is 0.0399. The van der Waals surface area contributed by atoms with Crippen LogP contribution >= 0.6 is 12.6 Å². The van der Waals surface area contributed by atoms with Gasteiger partial charge in [0.1, 0.15) is 18.6 Å². The lowest BCUT2D eigenvalue weighted by Gasteiger charge is -2.17. The number of thiol groups is 1. The molecule has 0 aromatic heterocycles. The smallest absolute Gasteiger partial charge is 0.325 e. The lowest BCUT2D eigenvalue weighted by Crippen LogP contribution is -2.49. The molecule has 2 atom stereocenters. The summed E-state index contributed by atoms with van der Waals surface area (Å²) in [5.74, 6) is -2.14. The van der Waals surface area contributed by atoms with Crippen LogP contribution in [0.15, 0.2) is 0 Å². The molecular weight excluding hydrogens is 362 g/mol. The third kappa shape index (κ3) is 10.9. The molecule has 26 heavy (non-hydrogen) atoms. The predicted molar refractivity (Wildman–Crippen MR) is 98.5 cm³/mol. The molecule has 9 nitrogen and oxygen atoms in total. The van der Waals surface area contributed by atoms with Crippen molar-refractivity contribution in [2.45, 2.75) is 64.8 Å². The number of nitrogens with one attached hydrogen (secondary N) is 2. The first-order chi connectivity index (χ1) is 12.1. The van der Waals surface area contributed by atoms with E-state index in [9.17, 15) is 19.2 Å².